The van der Waals surface area contributed by atoms with Crippen LogP contribution in [-0.4, -0.2) is 26.0 Å². The van der Waals surface area contributed by atoms with Crippen LogP contribution in [0.25, 0.3) is 0 Å². The average molecular weight is 284 g/mol. The molecule has 4 heteroatoms. The van der Waals surface area contributed by atoms with Gasteiger partial charge in [-0.3, -0.25) is 0 Å². The first kappa shape index (κ1) is 18.7. The molecule has 0 radical (unpaired) electrons. The predicted octanol–water partition coefficient (Wildman–Crippen LogP) is 4.61. The molecule has 0 N–H and O–H groups in total. The van der Waals surface area contributed by atoms with Crippen molar-refractivity contribution in [3.8, 4) is 0 Å². The Labute approximate surface area is 122 Å². The maximum atomic E-state index is 11.1. The number of carbonyl (C=O) groups excluding carboxylic acids is 1. The van der Waals surface area contributed by atoms with Gasteiger partial charge in [-0.05, 0) is 45.6 Å². The van der Waals surface area contributed by atoms with Crippen LogP contribution in [0.2, 0.25) is 0 Å². The highest BCUT2D eigenvalue weighted by Gasteiger charge is 1.99. The van der Waals surface area contributed by atoms with Crippen molar-refractivity contribution in [3.63, 3.8) is 0 Å². The normalized spacial score (nSPS) is 11.3. The summed E-state index contributed by atoms with van der Waals surface area (Å²) >= 11 is 0. The minimum Gasteiger partial charge on any atom is -0.432 e. The smallest absolute Gasteiger partial charge is 0.432 e. The molecule has 0 aromatic heterocycles. The van der Waals surface area contributed by atoms with Crippen LogP contribution in [0.15, 0.2) is 24.5 Å². The zero-order valence-corrected chi connectivity index (χ0v) is 12.8. The lowest BCUT2D eigenvalue weighted by atomic mass is 10.1. The third kappa shape index (κ3) is 14.8. The van der Waals surface area contributed by atoms with E-state index in [-0.39, 0.29) is 6.61 Å². The Hall–Kier alpha value is -1.29. The van der Waals surface area contributed by atoms with Crippen LogP contribution in [0, 0.1) is 0 Å². The molecule has 0 saturated heterocycles. The van der Waals surface area contributed by atoms with E-state index in [4.69, 9.17) is 14.2 Å². The number of ether oxygens (including phenoxy) is 3. The molecule has 0 aliphatic rings. The molecule has 0 aromatic rings. The summed E-state index contributed by atoms with van der Waals surface area (Å²) in [4.78, 5) is 11.1. The Balaban J connectivity index is 3.28. The van der Waals surface area contributed by atoms with Crippen molar-refractivity contribution in [2.45, 2.75) is 52.4 Å². The van der Waals surface area contributed by atoms with Crippen molar-refractivity contribution in [2.75, 3.05) is 19.8 Å². The van der Waals surface area contributed by atoms with Gasteiger partial charge >= 0.3 is 6.16 Å². The molecule has 0 atom stereocenters. The van der Waals surface area contributed by atoms with Crippen molar-refractivity contribution in [1.82, 2.24) is 0 Å². The van der Waals surface area contributed by atoms with Gasteiger partial charge in [0.05, 0.1) is 12.9 Å². The number of hydrogen-bond acceptors (Lipinski definition) is 4. The van der Waals surface area contributed by atoms with Crippen LogP contribution in [-0.2, 0) is 14.2 Å². The molecule has 4 nitrogen and oxygen atoms in total. The largest absolute Gasteiger partial charge is 0.513 e. The Bertz CT molecular complexity index is 272. The average Bonchev–Trinajstić information content (AvgIpc) is 2.45. The van der Waals surface area contributed by atoms with E-state index in [1.165, 1.54) is 31.9 Å². The van der Waals surface area contributed by atoms with Crippen LogP contribution in [0.3, 0.4) is 0 Å². The molecule has 0 heterocycles. The minimum absolute atomic E-state index is 0.229. The standard InChI is InChI=1S/C16H28O4/c1-3-5-6-7-8-9-10-11-12-13-19-16(17)20-15-14-18-4-2/h3,5,12-13H,4,6-11,14-15H2,1-2H3. The highest BCUT2D eigenvalue weighted by Crippen LogP contribution is 2.06. The van der Waals surface area contributed by atoms with Gasteiger partial charge in [-0.15, -0.1) is 0 Å². The number of allylic oxidation sites excluding steroid dienone is 3. The number of carbonyl (C=O) groups is 1. The number of unbranched alkanes of at least 4 members (excludes halogenated alkanes) is 5. The van der Waals surface area contributed by atoms with Crippen LogP contribution < -0.4 is 0 Å². The Morgan fingerprint density at radius 3 is 2.35 bits per heavy atom. The van der Waals surface area contributed by atoms with Crippen LogP contribution in [0.5, 0.6) is 0 Å². The van der Waals surface area contributed by atoms with Crippen molar-refractivity contribution >= 4 is 6.16 Å². The number of rotatable bonds is 12. The van der Waals surface area contributed by atoms with Crippen molar-refractivity contribution < 1.29 is 19.0 Å². The summed E-state index contributed by atoms with van der Waals surface area (Å²) in [6, 6.07) is 0. The van der Waals surface area contributed by atoms with Crippen LogP contribution in [0.1, 0.15) is 52.4 Å². The fraction of sp³-hybridized carbons (Fsp3) is 0.688. The molecule has 116 valence electrons. The molecular formula is C16H28O4. The lowest BCUT2D eigenvalue weighted by Gasteiger charge is -2.02. The molecule has 0 aliphatic heterocycles. The van der Waals surface area contributed by atoms with E-state index >= 15 is 0 Å². The highest BCUT2D eigenvalue weighted by molar-refractivity contribution is 5.60. The number of hydrogen-bond donors (Lipinski definition) is 0. The topological polar surface area (TPSA) is 44.8 Å². The summed E-state index contributed by atoms with van der Waals surface area (Å²) in [5.74, 6) is 0. The molecule has 0 bridgehead atoms. The monoisotopic (exact) mass is 284 g/mol. The predicted molar refractivity (Wildman–Crippen MR) is 80.6 cm³/mol. The quantitative estimate of drug-likeness (QED) is 0.227. The Morgan fingerprint density at radius 1 is 1.00 bits per heavy atom. The van der Waals surface area contributed by atoms with Crippen molar-refractivity contribution in [3.05, 3.63) is 24.5 Å². The second-order valence-corrected chi connectivity index (χ2v) is 4.35. The van der Waals surface area contributed by atoms with Gasteiger partial charge in [0.15, 0.2) is 0 Å². The highest BCUT2D eigenvalue weighted by atomic mass is 16.7. The molecule has 0 amide bonds. The summed E-state index contributed by atoms with van der Waals surface area (Å²) in [5, 5.41) is 0. The maximum absolute atomic E-state index is 11.1. The van der Waals surface area contributed by atoms with Crippen molar-refractivity contribution in [1.29, 1.82) is 0 Å². The van der Waals surface area contributed by atoms with Gasteiger partial charge in [0.1, 0.15) is 6.61 Å². The van der Waals surface area contributed by atoms with E-state index in [0.717, 1.165) is 12.8 Å². The summed E-state index contributed by atoms with van der Waals surface area (Å²) in [6.07, 6.45) is 13.8. The summed E-state index contributed by atoms with van der Waals surface area (Å²) in [6.45, 7) is 5.19. The second-order valence-electron chi connectivity index (χ2n) is 4.35. The van der Waals surface area contributed by atoms with E-state index in [0.29, 0.717) is 13.2 Å². The van der Waals surface area contributed by atoms with Gasteiger partial charge in [-0.1, -0.05) is 25.0 Å². The zero-order valence-electron chi connectivity index (χ0n) is 12.8. The first-order valence-electron chi connectivity index (χ1n) is 7.48. The molecule has 0 aliphatic carbocycles. The van der Waals surface area contributed by atoms with Gasteiger partial charge in [0.25, 0.3) is 0 Å². The lowest BCUT2D eigenvalue weighted by molar-refractivity contribution is 0.0477. The SMILES string of the molecule is CC=CCCCCCCC=COC(=O)OCCOCC. The molecule has 0 fully saturated rings. The first-order chi connectivity index (χ1) is 9.81. The van der Waals surface area contributed by atoms with E-state index in [1.54, 1.807) is 0 Å². The van der Waals surface area contributed by atoms with Gasteiger partial charge in [0.2, 0.25) is 0 Å². The molecule has 0 unspecified atom stereocenters. The lowest BCUT2D eigenvalue weighted by Crippen LogP contribution is -2.09. The van der Waals surface area contributed by atoms with E-state index in [1.807, 2.05) is 19.9 Å². The minimum atomic E-state index is -0.674. The van der Waals surface area contributed by atoms with Gasteiger partial charge in [-0.25, -0.2) is 4.79 Å². The summed E-state index contributed by atoms with van der Waals surface area (Å²) in [5.41, 5.74) is 0. The van der Waals surface area contributed by atoms with Crippen molar-refractivity contribution in [2.24, 2.45) is 0 Å². The second kappa shape index (κ2) is 15.8. The molecule has 0 saturated carbocycles. The molecule has 0 rings (SSSR count). The summed E-state index contributed by atoms with van der Waals surface area (Å²) < 4.78 is 14.6. The fourth-order valence-corrected chi connectivity index (χ4v) is 1.58. The van der Waals surface area contributed by atoms with E-state index in [2.05, 4.69) is 12.2 Å². The van der Waals surface area contributed by atoms with Gasteiger partial charge in [0, 0.05) is 6.61 Å². The zero-order chi connectivity index (χ0) is 14.9. The third-order valence-electron chi connectivity index (χ3n) is 2.64. The van der Waals surface area contributed by atoms with Gasteiger partial charge in [-0.2, -0.15) is 0 Å². The molecular weight excluding hydrogens is 256 g/mol. The van der Waals surface area contributed by atoms with Gasteiger partial charge < -0.3 is 14.2 Å². The molecule has 0 aromatic carbocycles. The molecule has 20 heavy (non-hydrogen) atoms. The summed E-state index contributed by atoms with van der Waals surface area (Å²) in [7, 11) is 0. The molecule has 0 spiro atoms. The van der Waals surface area contributed by atoms with Crippen LogP contribution in [0.4, 0.5) is 4.79 Å². The third-order valence-corrected chi connectivity index (χ3v) is 2.64. The van der Waals surface area contributed by atoms with E-state index in [9.17, 15) is 4.79 Å². The Morgan fingerprint density at radius 2 is 1.70 bits per heavy atom. The van der Waals surface area contributed by atoms with E-state index < -0.39 is 6.16 Å². The Kier molecular flexibility index (Phi) is 14.7. The fourth-order valence-electron chi connectivity index (χ4n) is 1.58. The maximum Gasteiger partial charge on any atom is 0.513 e. The van der Waals surface area contributed by atoms with Crippen LogP contribution >= 0.6 is 0 Å². The first-order valence-corrected chi connectivity index (χ1v) is 7.48.